The van der Waals surface area contributed by atoms with Crippen LogP contribution >= 0.6 is 23.2 Å². The fourth-order valence-corrected chi connectivity index (χ4v) is 4.07. The third kappa shape index (κ3) is 4.36. The molecule has 170 valence electrons. The van der Waals surface area contributed by atoms with Crippen molar-refractivity contribution in [1.82, 2.24) is 0 Å². The SMILES string of the molecule is COc1cc(Cl)c(C)cc1NC(=O)C(C#N)=C1C(=O)N(Cc2ccc(Cl)cc2)c2ccccc21. The Labute approximate surface area is 207 Å². The van der Waals surface area contributed by atoms with Crippen molar-refractivity contribution in [2.75, 3.05) is 17.3 Å². The number of carbonyl (C=O) groups is 2. The Morgan fingerprint density at radius 1 is 1.12 bits per heavy atom. The molecule has 3 aromatic carbocycles. The molecule has 1 N–H and O–H groups in total. The monoisotopic (exact) mass is 491 g/mol. The molecule has 6 nitrogen and oxygen atoms in total. The van der Waals surface area contributed by atoms with E-state index in [-0.39, 0.29) is 17.7 Å². The zero-order valence-electron chi connectivity index (χ0n) is 18.4. The second kappa shape index (κ2) is 9.60. The molecule has 0 saturated heterocycles. The van der Waals surface area contributed by atoms with E-state index in [4.69, 9.17) is 27.9 Å². The predicted molar refractivity (Wildman–Crippen MR) is 133 cm³/mol. The van der Waals surface area contributed by atoms with Crippen LogP contribution in [0.3, 0.4) is 0 Å². The molecule has 0 unspecified atom stereocenters. The number of para-hydroxylation sites is 1. The van der Waals surface area contributed by atoms with Crippen molar-refractivity contribution < 1.29 is 14.3 Å². The van der Waals surface area contributed by atoms with Crippen LogP contribution in [0, 0.1) is 18.3 Å². The topological polar surface area (TPSA) is 82.4 Å². The van der Waals surface area contributed by atoms with E-state index in [0.717, 1.165) is 11.1 Å². The summed E-state index contributed by atoms with van der Waals surface area (Å²) in [6.45, 7) is 2.05. The molecule has 1 aliphatic rings. The molecule has 0 aromatic heterocycles. The summed E-state index contributed by atoms with van der Waals surface area (Å²) >= 11 is 12.1. The van der Waals surface area contributed by atoms with E-state index in [1.54, 1.807) is 60.4 Å². The molecule has 0 radical (unpaired) electrons. The Balaban J connectivity index is 1.74. The standard InChI is InChI=1S/C26H19Cl2N3O3/c1-15-11-21(23(34-2)12-20(15)28)30-25(32)19(13-29)24-18-5-3-4-6-22(18)31(26(24)33)14-16-7-9-17(27)10-8-16/h3-12H,14H2,1-2H3,(H,30,32). The average Bonchev–Trinajstić information content (AvgIpc) is 3.09. The molecular formula is C26H19Cl2N3O3. The molecule has 34 heavy (non-hydrogen) atoms. The summed E-state index contributed by atoms with van der Waals surface area (Å²) in [6, 6.07) is 19.4. The molecule has 8 heteroatoms. The minimum absolute atomic E-state index is 0.0502. The number of hydrogen-bond donors (Lipinski definition) is 1. The van der Waals surface area contributed by atoms with Crippen LogP contribution in [0.4, 0.5) is 11.4 Å². The number of anilines is 2. The zero-order chi connectivity index (χ0) is 24.4. The first-order chi connectivity index (χ1) is 16.3. The largest absolute Gasteiger partial charge is 0.495 e. The first-order valence-electron chi connectivity index (χ1n) is 10.3. The van der Waals surface area contributed by atoms with Gasteiger partial charge in [-0.3, -0.25) is 9.59 Å². The van der Waals surface area contributed by atoms with Crippen LogP contribution in [0.25, 0.3) is 5.57 Å². The maximum absolute atomic E-state index is 13.5. The van der Waals surface area contributed by atoms with Crippen LogP contribution in [0.1, 0.15) is 16.7 Å². The summed E-state index contributed by atoms with van der Waals surface area (Å²) in [5.74, 6) is -0.801. The molecule has 0 aliphatic carbocycles. The summed E-state index contributed by atoms with van der Waals surface area (Å²) in [5.41, 5.74) is 2.84. The quantitative estimate of drug-likeness (QED) is 0.362. The van der Waals surface area contributed by atoms with Crippen molar-refractivity contribution in [3.63, 3.8) is 0 Å². The van der Waals surface area contributed by atoms with Crippen molar-refractivity contribution in [3.05, 3.63) is 93.0 Å². The van der Waals surface area contributed by atoms with Crippen molar-refractivity contribution >= 4 is 52.0 Å². The number of nitriles is 1. The Bertz CT molecular complexity index is 1380. The number of ether oxygens (including phenoxy) is 1. The first-order valence-corrected chi connectivity index (χ1v) is 11.0. The van der Waals surface area contributed by atoms with Gasteiger partial charge in [0.05, 0.1) is 30.6 Å². The molecule has 0 spiro atoms. The maximum Gasteiger partial charge on any atom is 0.267 e. The van der Waals surface area contributed by atoms with Crippen LogP contribution in [-0.4, -0.2) is 18.9 Å². The molecule has 1 aliphatic heterocycles. The Hall–Kier alpha value is -3.79. The van der Waals surface area contributed by atoms with E-state index < -0.39 is 11.8 Å². The highest BCUT2D eigenvalue weighted by Crippen LogP contribution is 2.40. The van der Waals surface area contributed by atoms with Crippen LogP contribution in [0.15, 0.2) is 66.2 Å². The fourth-order valence-electron chi connectivity index (χ4n) is 3.79. The number of rotatable bonds is 5. The number of carbonyl (C=O) groups excluding carboxylic acids is 2. The lowest BCUT2D eigenvalue weighted by atomic mass is 10.0. The van der Waals surface area contributed by atoms with Gasteiger partial charge in [-0.15, -0.1) is 0 Å². The number of hydrogen-bond acceptors (Lipinski definition) is 4. The summed E-state index contributed by atoms with van der Waals surface area (Å²) in [4.78, 5) is 28.2. The van der Waals surface area contributed by atoms with Gasteiger partial charge < -0.3 is 15.0 Å². The van der Waals surface area contributed by atoms with Gasteiger partial charge in [0.1, 0.15) is 17.4 Å². The zero-order valence-corrected chi connectivity index (χ0v) is 19.9. The third-order valence-electron chi connectivity index (χ3n) is 5.49. The fraction of sp³-hybridized carbons (Fsp3) is 0.115. The Morgan fingerprint density at radius 2 is 1.82 bits per heavy atom. The minimum atomic E-state index is -0.714. The van der Waals surface area contributed by atoms with Crippen molar-refractivity contribution in [2.45, 2.75) is 13.5 Å². The van der Waals surface area contributed by atoms with Crippen molar-refractivity contribution in [2.24, 2.45) is 0 Å². The molecule has 0 bridgehead atoms. The highest BCUT2D eigenvalue weighted by Gasteiger charge is 2.36. The number of aryl methyl sites for hydroxylation is 1. The number of nitrogens with zero attached hydrogens (tertiary/aromatic N) is 2. The molecule has 3 aromatic rings. The highest BCUT2D eigenvalue weighted by molar-refractivity contribution is 6.38. The summed E-state index contributed by atoms with van der Waals surface area (Å²) < 4.78 is 5.31. The predicted octanol–water partition coefficient (Wildman–Crippen LogP) is 5.77. The van der Waals surface area contributed by atoms with E-state index in [9.17, 15) is 14.9 Å². The average molecular weight is 492 g/mol. The maximum atomic E-state index is 13.5. The summed E-state index contributed by atoms with van der Waals surface area (Å²) in [7, 11) is 1.45. The van der Waals surface area contributed by atoms with Gasteiger partial charge in [-0.05, 0) is 42.3 Å². The number of methoxy groups -OCH3 is 1. The van der Waals surface area contributed by atoms with Gasteiger partial charge in [0.15, 0.2) is 0 Å². The van der Waals surface area contributed by atoms with Crippen LogP contribution in [0.2, 0.25) is 10.0 Å². The van der Waals surface area contributed by atoms with E-state index >= 15 is 0 Å². The Kier molecular flexibility index (Phi) is 6.60. The molecule has 4 rings (SSSR count). The molecule has 0 fully saturated rings. The van der Waals surface area contributed by atoms with E-state index in [0.29, 0.717) is 32.7 Å². The number of benzene rings is 3. The van der Waals surface area contributed by atoms with Crippen LogP contribution in [-0.2, 0) is 16.1 Å². The number of nitrogens with one attached hydrogen (secondary N) is 1. The number of fused-ring (bicyclic) bond motifs is 1. The molecule has 0 saturated carbocycles. The summed E-state index contributed by atoms with van der Waals surface area (Å²) in [6.07, 6.45) is 0. The second-order valence-corrected chi connectivity index (χ2v) is 8.50. The van der Waals surface area contributed by atoms with Gasteiger partial charge in [-0.2, -0.15) is 5.26 Å². The van der Waals surface area contributed by atoms with Gasteiger partial charge in [0.25, 0.3) is 11.8 Å². The molecule has 2 amide bonds. The van der Waals surface area contributed by atoms with Crippen molar-refractivity contribution in [3.8, 4) is 11.8 Å². The molecule has 0 atom stereocenters. The third-order valence-corrected chi connectivity index (χ3v) is 6.15. The highest BCUT2D eigenvalue weighted by atomic mass is 35.5. The van der Waals surface area contributed by atoms with Gasteiger partial charge in [-0.1, -0.05) is 53.5 Å². The second-order valence-electron chi connectivity index (χ2n) is 7.65. The van der Waals surface area contributed by atoms with Crippen LogP contribution < -0.4 is 15.0 Å². The molecular weight excluding hydrogens is 473 g/mol. The molecule has 1 heterocycles. The van der Waals surface area contributed by atoms with E-state index in [2.05, 4.69) is 5.32 Å². The smallest absolute Gasteiger partial charge is 0.267 e. The normalized spacial score (nSPS) is 13.9. The lowest BCUT2D eigenvalue weighted by molar-refractivity contribution is -0.114. The van der Waals surface area contributed by atoms with Crippen molar-refractivity contribution in [1.29, 1.82) is 5.26 Å². The van der Waals surface area contributed by atoms with Gasteiger partial charge in [-0.25, -0.2) is 0 Å². The van der Waals surface area contributed by atoms with Gasteiger partial charge >= 0.3 is 0 Å². The van der Waals surface area contributed by atoms with Gasteiger partial charge in [0, 0.05) is 21.7 Å². The lowest BCUT2D eigenvalue weighted by Crippen LogP contribution is -2.27. The Morgan fingerprint density at radius 3 is 2.50 bits per heavy atom. The van der Waals surface area contributed by atoms with Crippen LogP contribution in [0.5, 0.6) is 5.75 Å². The minimum Gasteiger partial charge on any atom is -0.495 e. The van der Waals surface area contributed by atoms with E-state index in [1.165, 1.54) is 7.11 Å². The first kappa shape index (κ1) is 23.4. The summed E-state index contributed by atoms with van der Waals surface area (Å²) in [5, 5.41) is 13.7. The van der Waals surface area contributed by atoms with Gasteiger partial charge in [0.2, 0.25) is 0 Å². The van der Waals surface area contributed by atoms with E-state index in [1.807, 2.05) is 18.2 Å². The number of halogens is 2. The number of amides is 2. The lowest BCUT2D eigenvalue weighted by Gasteiger charge is -2.17.